The smallest absolute Gasteiger partial charge is 0.352 e. The molecule has 3 atom stereocenters. The van der Waals surface area contributed by atoms with Gasteiger partial charge >= 0.3 is 5.97 Å². The van der Waals surface area contributed by atoms with Crippen molar-refractivity contribution in [2.24, 2.45) is 0 Å². The zero-order valence-electron chi connectivity index (χ0n) is 36.9. The van der Waals surface area contributed by atoms with Crippen LogP contribution in [-0.4, -0.2) is 70.1 Å². The highest BCUT2D eigenvalue weighted by Gasteiger charge is 2.55. The summed E-state index contributed by atoms with van der Waals surface area (Å²) in [5, 5.41) is 34.2. The fourth-order valence-electron chi connectivity index (χ4n) is 9.30. The minimum Gasteiger partial charge on any atom is -0.477 e. The number of carboxylic acid groups (broad SMARTS) is 1. The predicted molar refractivity (Wildman–Crippen MR) is 267 cm³/mol. The fourth-order valence-corrected chi connectivity index (χ4v) is 11.4. The average Bonchev–Trinajstić information content (AvgIpc) is 4.12. The van der Waals surface area contributed by atoms with Crippen molar-refractivity contribution in [3.8, 4) is 0 Å². The van der Waals surface area contributed by atoms with Crippen LogP contribution in [0.1, 0.15) is 45.1 Å². The van der Waals surface area contributed by atoms with E-state index in [1.165, 1.54) is 39.0 Å². The first-order valence-electron chi connectivity index (χ1n) is 22.3. The number of benzene rings is 6. The van der Waals surface area contributed by atoms with Crippen molar-refractivity contribution >= 4 is 46.0 Å². The lowest BCUT2D eigenvalue weighted by Crippen LogP contribution is -2.71. The number of allylic oxidation sites excluding steroid dienone is 2. The van der Waals surface area contributed by atoms with Crippen molar-refractivity contribution in [1.29, 1.82) is 0 Å². The number of hydrogen-bond acceptors (Lipinski definition) is 11. The number of aliphatic carboxylic acids is 1. The molecule has 6 aromatic carbocycles. The molecule has 342 valence electrons. The second-order valence-corrected chi connectivity index (χ2v) is 18.4. The molecule has 2 aliphatic rings. The van der Waals surface area contributed by atoms with Crippen LogP contribution in [0, 0.1) is 0 Å². The Hall–Kier alpha value is -7.98. The molecule has 0 spiro atoms. The SMILES string of the molecule is O=C(O)C1=C(C=CCn2cnnn2)CS[C@@H]2C(NC(=O)C(NC(c3ccccc3)(c3ccccc3)c3ccccc3)c3csc(NC(c4ccccc4)(c4ccccc4)c4ccccc4)n3)C(=O)N12. The molecule has 1 saturated heterocycles. The van der Waals surface area contributed by atoms with E-state index in [2.05, 4.69) is 67.9 Å². The molecule has 1 fully saturated rings. The Bertz CT molecular complexity index is 2910. The lowest BCUT2D eigenvalue weighted by Gasteiger charge is -2.49. The molecule has 4 N–H and O–H groups in total. The van der Waals surface area contributed by atoms with E-state index in [0.717, 1.165) is 33.4 Å². The lowest BCUT2D eigenvalue weighted by atomic mass is 9.76. The Kier molecular flexibility index (Phi) is 12.8. The summed E-state index contributed by atoms with van der Waals surface area (Å²) in [6.07, 6.45) is 4.88. The molecule has 0 aliphatic carbocycles. The van der Waals surface area contributed by atoms with Gasteiger partial charge in [-0.25, -0.2) is 14.5 Å². The van der Waals surface area contributed by atoms with Gasteiger partial charge in [-0.1, -0.05) is 194 Å². The Balaban J connectivity index is 1.06. The molecule has 0 radical (unpaired) electrons. The molecule has 2 aromatic heterocycles. The summed E-state index contributed by atoms with van der Waals surface area (Å²) >= 11 is 2.76. The molecule has 4 heterocycles. The van der Waals surface area contributed by atoms with Crippen LogP contribution >= 0.6 is 23.1 Å². The standard InChI is InChI=1S/C54H45N9O4S2/c64-48(57-46-49(65)63-47(51(66)67)37(34-68-50(46)63)20-19-33-62-36-55-60-61-62)45(58-53(38-21-7-1-8-22-38,39-23-9-2-10-24-39)40-25-11-3-12-26-40)44-35-69-52(56-44)59-54(41-27-13-4-14-28-41,42-29-15-5-16-30-42)43-31-17-6-18-32-43/h1-32,35-36,45-46,50,58H,33-34H2,(H,56,59)(H,57,64)(H,66,67)/t45?,46?,50-/m1/s1. The number of amides is 2. The molecule has 8 aromatic rings. The van der Waals surface area contributed by atoms with Crippen molar-refractivity contribution in [3.63, 3.8) is 0 Å². The van der Waals surface area contributed by atoms with Gasteiger partial charge in [-0.3, -0.25) is 19.8 Å². The zero-order chi connectivity index (χ0) is 47.2. The monoisotopic (exact) mass is 947 g/mol. The Morgan fingerprint density at radius 3 is 1.64 bits per heavy atom. The van der Waals surface area contributed by atoms with Crippen LogP contribution < -0.4 is 16.0 Å². The first-order chi connectivity index (χ1) is 33.9. The summed E-state index contributed by atoms with van der Waals surface area (Å²) in [5.74, 6) is -1.98. The van der Waals surface area contributed by atoms with Gasteiger partial charge in [-0.2, -0.15) is 0 Å². The van der Waals surface area contributed by atoms with Crippen LogP contribution in [0.2, 0.25) is 0 Å². The summed E-state index contributed by atoms with van der Waals surface area (Å²) in [5.41, 5.74) is 4.31. The number of hydrogen-bond donors (Lipinski definition) is 4. The normalized spacial score (nSPS) is 16.4. The minimum absolute atomic E-state index is 0.123. The third-order valence-electron chi connectivity index (χ3n) is 12.5. The molecule has 69 heavy (non-hydrogen) atoms. The van der Waals surface area contributed by atoms with Gasteiger partial charge in [0.1, 0.15) is 35.0 Å². The third kappa shape index (κ3) is 8.63. The fraction of sp³-hybridized carbons (Fsp3) is 0.130. The number of nitrogens with zero attached hydrogens (tertiary/aromatic N) is 6. The molecule has 10 rings (SSSR count). The number of nitrogens with one attached hydrogen (secondary N) is 3. The molecule has 2 unspecified atom stereocenters. The summed E-state index contributed by atoms with van der Waals surface area (Å²) in [7, 11) is 0. The van der Waals surface area contributed by atoms with Gasteiger partial charge in [-0.15, -0.1) is 28.2 Å². The van der Waals surface area contributed by atoms with Crippen LogP contribution in [0.5, 0.6) is 0 Å². The number of anilines is 1. The summed E-state index contributed by atoms with van der Waals surface area (Å²) in [4.78, 5) is 49.0. The van der Waals surface area contributed by atoms with Crippen molar-refractivity contribution in [3.05, 3.63) is 256 Å². The van der Waals surface area contributed by atoms with E-state index < -0.39 is 46.3 Å². The predicted octanol–water partition coefficient (Wildman–Crippen LogP) is 8.15. The molecular weight excluding hydrogens is 903 g/mol. The highest BCUT2D eigenvalue weighted by Crippen LogP contribution is 2.44. The van der Waals surface area contributed by atoms with E-state index in [4.69, 9.17) is 4.98 Å². The molecular formula is C54H45N9O4S2. The first kappa shape index (κ1) is 44.8. The zero-order valence-corrected chi connectivity index (χ0v) is 38.6. The van der Waals surface area contributed by atoms with E-state index in [1.807, 2.05) is 151 Å². The molecule has 0 bridgehead atoms. The number of β-lactam (4-membered cyclic amide) rings is 1. The number of rotatable bonds is 17. The topological polar surface area (TPSA) is 167 Å². The van der Waals surface area contributed by atoms with Crippen LogP contribution in [0.3, 0.4) is 0 Å². The van der Waals surface area contributed by atoms with Crippen LogP contribution in [0.4, 0.5) is 5.13 Å². The molecule has 15 heteroatoms. The van der Waals surface area contributed by atoms with E-state index >= 15 is 4.79 Å². The number of carbonyl (C=O) groups is 3. The maximum atomic E-state index is 15.5. The molecule has 2 amide bonds. The largest absolute Gasteiger partial charge is 0.477 e. The lowest BCUT2D eigenvalue weighted by molar-refractivity contribution is -0.151. The summed E-state index contributed by atoms with van der Waals surface area (Å²) in [6.45, 7) is 0.314. The van der Waals surface area contributed by atoms with Crippen molar-refractivity contribution in [2.45, 2.75) is 35.1 Å². The highest BCUT2D eigenvalue weighted by atomic mass is 32.2. The van der Waals surface area contributed by atoms with Crippen molar-refractivity contribution in [1.82, 2.24) is 40.7 Å². The van der Waals surface area contributed by atoms with Crippen molar-refractivity contribution in [2.75, 3.05) is 11.1 Å². The number of thiazole rings is 1. The second-order valence-electron chi connectivity index (χ2n) is 16.5. The quantitative estimate of drug-likeness (QED) is 0.0514. The van der Waals surface area contributed by atoms with E-state index in [1.54, 1.807) is 12.2 Å². The summed E-state index contributed by atoms with van der Waals surface area (Å²) in [6, 6.07) is 58.3. The van der Waals surface area contributed by atoms with E-state index in [9.17, 15) is 14.7 Å². The minimum atomic E-state index is -1.24. The van der Waals surface area contributed by atoms with Gasteiger partial charge in [-0.05, 0) is 49.4 Å². The first-order valence-corrected chi connectivity index (χ1v) is 24.2. The van der Waals surface area contributed by atoms with Crippen LogP contribution in [0.25, 0.3) is 0 Å². The maximum absolute atomic E-state index is 15.5. The van der Waals surface area contributed by atoms with Crippen molar-refractivity contribution < 1.29 is 19.5 Å². The molecule has 13 nitrogen and oxygen atoms in total. The number of carboxylic acids is 1. The number of carbonyl (C=O) groups excluding carboxylic acids is 2. The van der Waals surface area contributed by atoms with Gasteiger partial charge in [0.15, 0.2) is 5.13 Å². The van der Waals surface area contributed by atoms with E-state index in [0.29, 0.717) is 28.7 Å². The maximum Gasteiger partial charge on any atom is 0.352 e. The van der Waals surface area contributed by atoms with Gasteiger partial charge in [0.2, 0.25) is 5.91 Å². The average molecular weight is 948 g/mol. The second kappa shape index (κ2) is 19.7. The van der Waals surface area contributed by atoms with Gasteiger partial charge < -0.3 is 15.7 Å². The third-order valence-corrected chi connectivity index (χ3v) is 14.6. The highest BCUT2D eigenvalue weighted by molar-refractivity contribution is 8.00. The Morgan fingerprint density at radius 1 is 0.710 bits per heavy atom. The van der Waals surface area contributed by atoms with Crippen LogP contribution in [-0.2, 0) is 32.0 Å². The van der Waals surface area contributed by atoms with Gasteiger partial charge in [0, 0.05) is 11.1 Å². The molecule has 0 saturated carbocycles. The van der Waals surface area contributed by atoms with Crippen LogP contribution in [0.15, 0.2) is 217 Å². The Morgan fingerprint density at radius 2 is 1.19 bits per heavy atom. The number of aromatic nitrogens is 5. The Labute approximate surface area is 406 Å². The van der Waals surface area contributed by atoms with E-state index in [-0.39, 0.29) is 5.70 Å². The number of fused-ring (bicyclic) bond motifs is 1. The van der Waals surface area contributed by atoms with Gasteiger partial charge in [0.05, 0.1) is 17.8 Å². The summed E-state index contributed by atoms with van der Waals surface area (Å²) < 4.78 is 1.50. The molecule has 2 aliphatic heterocycles. The number of tetrazole rings is 1. The van der Waals surface area contributed by atoms with Gasteiger partial charge in [0.25, 0.3) is 5.91 Å². The number of thioether (sulfide) groups is 1.